The van der Waals surface area contributed by atoms with Crippen LogP contribution < -0.4 is 10.1 Å². The summed E-state index contributed by atoms with van der Waals surface area (Å²) in [6.07, 6.45) is -2.62. The highest BCUT2D eigenvalue weighted by atomic mass is 19.4. The summed E-state index contributed by atoms with van der Waals surface area (Å²) in [6.45, 7) is 1.81. The third-order valence-corrected chi connectivity index (χ3v) is 3.44. The molecule has 2 heterocycles. The molecule has 0 unspecified atom stereocenters. The highest BCUT2D eigenvalue weighted by molar-refractivity contribution is 5.57. The van der Waals surface area contributed by atoms with Crippen LogP contribution in [0, 0.1) is 0 Å². The number of benzene rings is 1. The lowest BCUT2D eigenvalue weighted by molar-refractivity contribution is -0.144. The van der Waals surface area contributed by atoms with E-state index in [4.69, 9.17) is 4.74 Å². The number of nitrogens with one attached hydrogen (secondary N) is 2. The Hall–Kier alpha value is -2.09. The van der Waals surface area contributed by atoms with Crippen LogP contribution in [0.25, 0.3) is 11.4 Å². The van der Waals surface area contributed by atoms with Crippen molar-refractivity contribution in [1.82, 2.24) is 20.5 Å². The predicted molar refractivity (Wildman–Crippen MR) is 73.3 cm³/mol. The maximum Gasteiger partial charge on any atom is 0.453 e. The van der Waals surface area contributed by atoms with Gasteiger partial charge in [-0.2, -0.15) is 13.2 Å². The average molecular weight is 312 g/mol. The van der Waals surface area contributed by atoms with Crippen LogP contribution in [0.4, 0.5) is 13.2 Å². The van der Waals surface area contributed by atoms with E-state index in [2.05, 4.69) is 20.5 Å². The fourth-order valence-electron chi connectivity index (χ4n) is 2.34. The first-order valence-electron chi connectivity index (χ1n) is 7.00. The summed E-state index contributed by atoms with van der Waals surface area (Å²) in [4.78, 5) is 3.48. The Morgan fingerprint density at radius 2 is 1.95 bits per heavy atom. The van der Waals surface area contributed by atoms with Crippen LogP contribution in [0.3, 0.4) is 0 Å². The molecule has 1 aromatic heterocycles. The first-order valence-corrected chi connectivity index (χ1v) is 7.00. The lowest BCUT2D eigenvalue weighted by Crippen LogP contribution is -2.34. The number of hydrogen-bond acceptors (Lipinski definition) is 4. The van der Waals surface area contributed by atoms with Crippen molar-refractivity contribution in [3.8, 4) is 17.1 Å². The van der Waals surface area contributed by atoms with Crippen molar-refractivity contribution >= 4 is 0 Å². The molecule has 2 aromatic rings. The molecule has 0 saturated carbocycles. The van der Waals surface area contributed by atoms with Crippen molar-refractivity contribution in [2.45, 2.75) is 25.1 Å². The molecule has 1 aromatic carbocycles. The van der Waals surface area contributed by atoms with Crippen molar-refractivity contribution in [3.05, 3.63) is 30.1 Å². The Morgan fingerprint density at radius 1 is 1.18 bits per heavy atom. The summed E-state index contributed by atoms with van der Waals surface area (Å²) in [6, 6.07) is 6.84. The molecule has 2 N–H and O–H groups in total. The molecular formula is C14H15F3N4O. The lowest BCUT2D eigenvalue weighted by Gasteiger charge is -2.23. The zero-order chi connectivity index (χ0) is 15.6. The molecule has 0 amide bonds. The largest absolute Gasteiger partial charge is 0.490 e. The zero-order valence-electron chi connectivity index (χ0n) is 11.7. The van der Waals surface area contributed by atoms with Gasteiger partial charge in [0.05, 0.1) is 0 Å². The predicted octanol–water partition coefficient (Wildman–Crippen LogP) is 2.62. The molecule has 22 heavy (non-hydrogen) atoms. The first-order chi connectivity index (χ1) is 10.5. The summed E-state index contributed by atoms with van der Waals surface area (Å²) in [5.41, 5.74) is 0.509. The fraction of sp³-hybridized carbons (Fsp3) is 0.429. The van der Waals surface area contributed by atoms with Gasteiger partial charge >= 0.3 is 6.18 Å². The minimum atomic E-state index is -4.56. The van der Waals surface area contributed by atoms with Crippen LogP contribution in [0.1, 0.15) is 18.7 Å². The van der Waals surface area contributed by atoms with Crippen LogP contribution in [0.15, 0.2) is 24.3 Å². The fourth-order valence-corrected chi connectivity index (χ4v) is 2.34. The van der Waals surface area contributed by atoms with Crippen molar-refractivity contribution in [2.24, 2.45) is 0 Å². The van der Waals surface area contributed by atoms with Gasteiger partial charge in [0, 0.05) is 5.56 Å². The van der Waals surface area contributed by atoms with Gasteiger partial charge in [0.15, 0.2) is 5.82 Å². The smallest absolute Gasteiger partial charge is 0.453 e. The number of piperidine rings is 1. The van der Waals surface area contributed by atoms with Crippen molar-refractivity contribution in [3.63, 3.8) is 0 Å². The zero-order valence-corrected chi connectivity index (χ0v) is 11.7. The molecule has 0 atom stereocenters. The highest BCUT2D eigenvalue weighted by Gasteiger charge is 2.36. The number of rotatable bonds is 3. The van der Waals surface area contributed by atoms with Gasteiger partial charge in [0.25, 0.3) is 5.82 Å². The minimum absolute atomic E-state index is 0.0723. The van der Waals surface area contributed by atoms with Crippen molar-refractivity contribution in [1.29, 1.82) is 0 Å². The second-order valence-electron chi connectivity index (χ2n) is 5.10. The third kappa shape index (κ3) is 3.38. The van der Waals surface area contributed by atoms with Crippen molar-refractivity contribution in [2.75, 3.05) is 13.1 Å². The van der Waals surface area contributed by atoms with Gasteiger partial charge in [-0.1, -0.05) is 12.1 Å². The van der Waals surface area contributed by atoms with Gasteiger partial charge in [0.1, 0.15) is 11.9 Å². The number of ether oxygens (including phenoxy) is 1. The number of aromatic nitrogens is 3. The Kier molecular flexibility index (Phi) is 4.02. The summed E-state index contributed by atoms with van der Waals surface area (Å²) < 4.78 is 43.5. The number of halogens is 3. The van der Waals surface area contributed by atoms with E-state index in [0.29, 0.717) is 11.3 Å². The molecule has 1 saturated heterocycles. The van der Waals surface area contributed by atoms with Crippen LogP contribution in [-0.2, 0) is 6.18 Å². The summed E-state index contributed by atoms with van der Waals surface area (Å²) >= 11 is 0. The van der Waals surface area contributed by atoms with Crippen LogP contribution in [0.5, 0.6) is 5.75 Å². The van der Waals surface area contributed by atoms with E-state index in [1.54, 1.807) is 24.3 Å². The van der Waals surface area contributed by atoms with Gasteiger partial charge in [-0.15, -0.1) is 5.10 Å². The summed E-state index contributed by atoms with van der Waals surface area (Å²) in [7, 11) is 0. The molecule has 1 aliphatic heterocycles. The van der Waals surface area contributed by atoms with Crippen LogP contribution in [-0.4, -0.2) is 34.4 Å². The van der Waals surface area contributed by atoms with E-state index in [1.807, 2.05) is 0 Å². The average Bonchev–Trinajstić information content (AvgIpc) is 2.99. The Labute approximate surface area is 124 Å². The van der Waals surface area contributed by atoms with E-state index >= 15 is 0 Å². The molecule has 118 valence electrons. The molecule has 0 spiro atoms. The highest BCUT2D eigenvalue weighted by Crippen LogP contribution is 2.28. The van der Waals surface area contributed by atoms with E-state index in [0.717, 1.165) is 25.9 Å². The molecule has 1 aliphatic rings. The number of aromatic amines is 1. The SMILES string of the molecule is FC(F)(F)c1n[nH]c(-c2cccc(OC3CCNCC3)c2)n1. The van der Waals surface area contributed by atoms with E-state index in [9.17, 15) is 13.2 Å². The molecule has 0 aliphatic carbocycles. The third-order valence-electron chi connectivity index (χ3n) is 3.44. The number of H-pyrrole nitrogens is 1. The number of nitrogens with zero attached hydrogens (tertiary/aromatic N) is 2. The normalized spacial score (nSPS) is 16.7. The van der Waals surface area contributed by atoms with Crippen LogP contribution >= 0.6 is 0 Å². The van der Waals surface area contributed by atoms with Gasteiger partial charge in [-0.05, 0) is 38.1 Å². The summed E-state index contributed by atoms with van der Waals surface area (Å²) in [5.74, 6) is -0.482. The quantitative estimate of drug-likeness (QED) is 0.914. The summed E-state index contributed by atoms with van der Waals surface area (Å²) in [5, 5.41) is 8.76. The van der Waals surface area contributed by atoms with Gasteiger partial charge in [-0.3, -0.25) is 5.10 Å². The molecule has 1 fully saturated rings. The lowest BCUT2D eigenvalue weighted by atomic mass is 10.1. The molecule has 0 bridgehead atoms. The first kappa shape index (κ1) is 14.8. The molecule has 8 heteroatoms. The van der Waals surface area contributed by atoms with Gasteiger partial charge in [0.2, 0.25) is 0 Å². The topological polar surface area (TPSA) is 62.8 Å². The molecular weight excluding hydrogens is 297 g/mol. The second kappa shape index (κ2) is 5.96. The Morgan fingerprint density at radius 3 is 2.64 bits per heavy atom. The minimum Gasteiger partial charge on any atom is -0.490 e. The Bertz CT molecular complexity index is 635. The number of alkyl halides is 3. The molecule has 0 radical (unpaired) electrons. The Balaban J connectivity index is 1.77. The second-order valence-corrected chi connectivity index (χ2v) is 5.10. The van der Waals surface area contributed by atoms with E-state index in [1.165, 1.54) is 0 Å². The number of hydrogen-bond donors (Lipinski definition) is 2. The van der Waals surface area contributed by atoms with Gasteiger partial charge in [-0.25, -0.2) is 4.98 Å². The van der Waals surface area contributed by atoms with Gasteiger partial charge < -0.3 is 10.1 Å². The molecule has 5 nitrogen and oxygen atoms in total. The van der Waals surface area contributed by atoms with Crippen LogP contribution in [0.2, 0.25) is 0 Å². The standard InChI is InChI=1S/C14H15F3N4O/c15-14(16,17)13-19-12(20-21-13)9-2-1-3-11(8-9)22-10-4-6-18-7-5-10/h1-3,8,10,18H,4-7H2,(H,19,20,21). The molecule has 3 rings (SSSR count). The monoisotopic (exact) mass is 312 g/mol. The maximum atomic E-state index is 12.5. The van der Waals surface area contributed by atoms with Crippen molar-refractivity contribution < 1.29 is 17.9 Å². The maximum absolute atomic E-state index is 12.5. The van der Waals surface area contributed by atoms with E-state index in [-0.39, 0.29) is 11.9 Å². The van der Waals surface area contributed by atoms with E-state index < -0.39 is 12.0 Å².